The number of Topliss-reactive ketones (excluding diaryl/α,β-unsaturated/α-hetero) is 1. The summed E-state index contributed by atoms with van der Waals surface area (Å²) in [5.74, 6) is 0.415. The van der Waals surface area contributed by atoms with Gasteiger partial charge in [-0.15, -0.1) is 0 Å². The standard InChI is InChI=1S/C11H21NO2/c1-4-12(9(2)8-14-3)10-5-6-11(13)7-10/h9-10H,4-8H2,1-3H3. The molecular weight excluding hydrogens is 178 g/mol. The molecule has 0 N–H and O–H groups in total. The highest BCUT2D eigenvalue weighted by molar-refractivity contribution is 5.81. The summed E-state index contributed by atoms with van der Waals surface area (Å²) >= 11 is 0. The fraction of sp³-hybridized carbons (Fsp3) is 0.909. The van der Waals surface area contributed by atoms with Crippen molar-refractivity contribution in [1.29, 1.82) is 0 Å². The van der Waals surface area contributed by atoms with Crippen LogP contribution in [-0.2, 0) is 9.53 Å². The molecule has 1 saturated carbocycles. The number of carbonyl (C=O) groups is 1. The third kappa shape index (κ3) is 2.79. The lowest BCUT2D eigenvalue weighted by atomic mass is 10.1. The minimum Gasteiger partial charge on any atom is -0.383 e. The van der Waals surface area contributed by atoms with Crippen molar-refractivity contribution in [2.45, 2.75) is 45.2 Å². The van der Waals surface area contributed by atoms with Gasteiger partial charge in [0.2, 0.25) is 0 Å². The van der Waals surface area contributed by atoms with Gasteiger partial charge in [0, 0.05) is 32.0 Å². The minimum absolute atomic E-state index is 0.415. The molecule has 0 spiro atoms. The summed E-state index contributed by atoms with van der Waals surface area (Å²) in [4.78, 5) is 13.6. The zero-order chi connectivity index (χ0) is 10.6. The monoisotopic (exact) mass is 199 g/mol. The number of likely N-dealkylation sites (N-methyl/N-ethyl adjacent to an activating group) is 1. The number of rotatable bonds is 5. The third-order valence-electron chi connectivity index (χ3n) is 3.03. The minimum atomic E-state index is 0.415. The number of ketones is 1. The molecule has 2 unspecified atom stereocenters. The molecule has 0 aromatic heterocycles. The maximum absolute atomic E-state index is 11.2. The van der Waals surface area contributed by atoms with Gasteiger partial charge in [-0.1, -0.05) is 6.92 Å². The highest BCUT2D eigenvalue weighted by Gasteiger charge is 2.29. The van der Waals surface area contributed by atoms with E-state index in [1.165, 1.54) is 0 Å². The molecule has 1 aliphatic carbocycles. The normalized spacial score (nSPS) is 24.6. The van der Waals surface area contributed by atoms with E-state index in [9.17, 15) is 4.79 Å². The SMILES string of the molecule is CCN(C(C)COC)C1CCC(=O)C1. The van der Waals surface area contributed by atoms with Gasteiger partial charge >= 0.3 is 0 Å². The molecule has 14 heavy (non-hydrogen) atoms. The van der Waals surface area contributed by atoms with Gasteiger partial charge in [0.25, 0.3) is 0 Å². The largest absolute Gasteiger partial charge is 0.383 e. The summed E-state index contributed by atoms with van der Waals surface area (Å²) in [5.41, 5.74) is 0. The van der Waals surface area contributed by atoms with E-state index < -0.39 is 0 Å². The Balaban J connectivity index is 2.48. The lowest BCUT2D eigenvalue weighted by Crippen LogP contribution is -2.42. The Morgan fingerprint density at radius 1 is 1.64 bits per heavy atom. The van der Waals surface area contributed by atoms with Crippen LogP contribution >= 0.6 is 0 Å². The van der Waals surface area contributed by atoms with Gasteiger partial charge in [0.1, 0.15) is 5.78 Å². The second kappa shape index (κ2) is 5.47. The van der Waals surface area contributed by atoms with E-state index >= 15 is 0 Å². The molecule has 3 nitrogen and oxygen atoms in total. The zero-order valence-corrected chi connectivity index (χ0v) is 9.45. The van der Waals surface area contributed by atoms with Crippen LogP contribution in [0.25, 0.3) is 0 Å². The molecule has 1 fully saturated rings. The Bertz CT molecular complexity index is 194. The average molecular weight is 199 g/mol. The van der Waals surface area contributed by atoms with Crippen LogP contribution in [0.1, 0.15) is 33.1 Å². The smallest absolute Gasteiger partial charge is 0.134 e. The quantitative estimate of drug-likeness (QED) is 0.671. The Hall–Kier alpha value is -0.410. The van der Waals surface area contributed by atoms with Gasteiger partial charge in [-0.3, -0.25) is 9.69 Å². The molecule has 0 heterocycles. The topological polar surface area (TPSA) is 29.5 Å². The molecule has 0 aliphatic heterocycles. The maximum atomic E-state index is 11.2. The van der Waals surface area contributed by atoms with E-state index in [0.29, 0.717) is 17.9 Å². The summed E-state index contributed by atoms with van der Waals surface area (Å²) in [5, 5.41) is 0. The van der Waals surface area contributed by atoms with Crippen molar-refractivity contribution in [1.82, 2.24) is 4.90 Å². The summed E-state index contributed by atoms with van der Waals surface area (Å²) in [6.07, 6.45) is 2.53. The zero-order valence-electron chi connectivity index (χ0n) is 9.45. The van der Waals surface area contributed by atoms with Crippen LogP contribution in [0.4, 0.5) is 0 Å². The van der Waals surface area contributed by atoms with Crippen molar-refractivity contribution in [3.05, 3.63) is 0 Å². The first-order chi connectivity index (χ1) is 6.69. The number of methoxy groups -OCH3 is 1. The molecule has 3 heteroatoms. The number of ether oxygens (including phenoxy) is 1. The summed E-state index contributed by atoms with van der Waals surface area (Å²) in [6, 6.07) is 0.874. The Kier molecular flexibility index (Phi) is 4.55. The second-order valence-corrected chi connectivity index (χ2v) is 4.07. The van der Waals surface area contributed by atoms with Gasteiger partial charge < -0.3 is 4.74 Å². The molecule has 0 radical (unpaired) electrons. The van der Waals surface area contributed by atoms with Gasteiger partial charge in [-0.05, 0) is 19.9 Å². The lowest BCUT2D eigenvalue weighted by molar-refractivity contribution is -0.117. The summed E-state index contributed by atoms with van der Waals surface area (Å²) in [6.45, 7) is 6.06. The van der Waals surface area contributed by atoms with Crippen molar-refractivity contribution in [3.63, 3.8) is 0 Å². The van der Waals surface area contributed by atoms with Crippen molar-refractivity contribution in [3.8, 4) is 0 Å². The van der Waals surface area contributed by atoms with Crippen LogP contribution in [0.15, 0.2) is 0 Å². The number of hydrogen-bond acceptors (Lipinski definition) is 3. The van der Waals surface area contributed by atoms with E-state index in [1.807, 2.05) is 0 Å². The second-order valence-electron chi connectivity index (χ2n) is 4.07. The summed E-state index contributed by atoms with van der Waals surface area (Å²) < 4.78 is 5.15. The molecule has 82 valence electrons. The Labute approximate surface area is 86.4 Å². The first kappa shape index (κ1) is 11.7. The summed E-state index contributed by atoms with van der Waals surface area (Å²) in [7, 11) is 1.73. The number of nitrogens with zero attached hydrogens (tertiary/aromatic N) is 1. The van der Waals surface area contributed by atoms with Crippen molar-refractivity contribution in [2.24, 2.45) is 0 Å². The molecule has 2 atom stereocenters. The first-order valence-electron chi connectivity index (χ1n) is 5.45. The van der Waals surface area contributed by atoms with E-state index in [0.717, 1.165) is 32.4 Å². The van der Waals surface area contributed by atoms with Crippen LogP contribution in [0.3, 0.4) is 0 Å². The third-order valence-corrected chi connectivity index (χ3v) is 3.03. The molecule has 0 aromatic carbocycles. The molecule has 1 aliphatic rings. The Morgan fingerprint density at radius 2 is 2.36 bits per heavy atom. The van der Waals surface area contributed by atoms with Crippen molar-refractivity contribution in [2.75, 3.05) is 20.3 Å². The fourth-order valence-corrected chi connectivity index (χ4v) is 2.34. The van der Waals surface area contributed by atoms with Crippen molar-refractivity contribution >= 4 is 5.78 Å². The average Bonchev–Trinajstić information content (AvgIpc) is 2.54. The molecule has 0 aromatic rings. The first-order valence-corrected chi connectivity index (χ1v) is 5.45. The fourth-order valence-electron chi connectivity index (χ4n) is 2.34. The van der Waals surface area contributed by atoms with Gasteiger partial charge in [-0.25, -0.2) is 0 Å². The van der Waals surface area contributed by atoms with Gasteiger partial charge in [0.15, 0.2) is 0 Å². The van der Waals surface area contributed by atoms with Crippen molar-refractivity contribution < 1.29 is 9.53 Å². The molecule has 0 bridgehead atoms. The predicted octanol–water partition coefficient (Wildman–Crippen LogP) is 1.46. The maximum Gasteiger partial charge on any atom is 0.134 e. The molecule has 1 rings (SSSR count). The van der Waals surface area contributed by atoms with Gasteiger partial charge in [0.05, 0.1) is 6.61 Å². The Morgan fingerprint density at radius 3 is 2.79 bits per heavy atom. The van der Waals surface area contributed by atoms with E-state index in [1.54, 1.807) is 7.11 Å². The van der Waals surface area contributed by atoms with Crippen LogP contribution in [-0.4, -0.2) is 43.0 Å². The number of carbonyl (C=O) groups excluding carboxylic acids is 1. The van der Waals surface area contributed by atoms with Crippen LogP contribution in [0, 0.1) is 0 Å². The molecular formula is C11H21NO2. The van der Waals surface area contributed by atoms with E-state index in [4.69, 9.17) is 4.74 Å². The highest BCUT2D eigenvalue weighted by atomic mass is 16.5. The highest BCUT2D eigenvalue weighted by Crippen LogP contribution is 2.22. The lowest BCUT2D eigenvalue weighted by Gasteiger charge is -2.32. The van der Waals surface area contributed by atoms with Gasteiger partial charge in [-0.2, -0.15) is 0 Å². The van der Waals surface area contributed by atoms with Crippen LogP contribution < -0.4 is 0 Å². The molecule has 0 saturated heterocycles. The van der Waals surface area contributed by atoms with E-state index in [2.05, 4.69) is 18.7 Å². The van der Waals surface area contributed by atoms with Crippen LogP contribution in [0.2, 0.25) is 0 Å². The predicted molar refractivity (Wildman–Crippen MR) is 56.4 cm³/mol. The number of hydrogen-bond donors (Lipinski definition) is 0. The van der Waals surface area contributed by atoms with Crippen LogP contribution in [0.5, 0.6) is 0 Å². The van der Waals surface area contributed by atoms with E-state index in [-0.39, 0.29) is 0 Å². The molecule has 0 amide bonds.